The van der Waals surface area contributed by atoms with E-state index in [2.05, 4.69) is 20.3 Å². The molecule has 0 aliphatic rings. The summed E-state index contributed by atoms with van der Waals surface area (Å²) in [7, 11) is 1.24. The Kier molecular flexibility index (Phi) is 5.37. The largest absolute Gasteiger partial charge is 0.485 e. The van der Waals surface area contributed by atoms with Crippen LogP contribution in [0.3, 0.4) is 0 Å². The zero-order valence-electron chi connectivity index (χ0n) is 13.2. The van der Waals surface area contributed by atoms with Gasteiger partial charge >= 0.3 is 6.18 Å². The molecule has 26 heavy (non-hydrogen) atoms. The monoisotopic (exact) mass is 405 g/mol. The summed E-state index contributed by atoms with van der Waals surface area (Å²) in [6.45, 7) is 0.0813. The van der Waals surface area contributed by atoms with E-state index in [4.69, 9.17) is 20.9 Å². The van der Waals surface area contributed by atoms with Crippen LogP contribution >= 0.6 is 23.4 Å². The zero-order chi connectivity index (χ0) is 18.7. The van der Waals surface area contributed by atoms with Crippen molar-refractivity contribution in [3.05, 3.63) is 46.8 Å². The molecule has 138 valence electrons. The van der Waals surface area contributed by atoms with Crippen molar-refractivity contribution in [2.75, 3.05) is 0 Å². The Balaban J connectivity index is 1.55. The second kappa shape index (κ2) is 7.54. The van der Waals surface area contributed by atoms with E-state index in [0.717, 1.165) is 16.3 Å². The molecule has 2 heterocycles. The quantitative estimate of drug-likeness (QED) is 0.578. The van der Waals surface area contributed by atoms with Gasteiger partial charge in [0.2, 0.25) is 17.5 Å². The molecule has 0 aliphatic carbocycles. The van der Waals surface area contributed by atoms with Crippen molar-refractivity contribution >= 4 is 23.4 Å². The van der Waals surface area contributed by atoms with E-state index in [1.807, 2.05) is 0 Å². The molecule has 0 aliphatic heterocycles. The van der Waals surface area contributed by atoms with E-state index < -0.39 is 12.0 Å². The van der Waals surface area contributed by atoms with Gasteiger partial charge in [-0.3, -0.25) is 0 Å². The molecule has 7 nitrogen and oxygen atoms in total. The molecule has 3 aromatic rings. The number of aromatic nitrogens is 5. The molecule has 0 spiro atoms. The molecule has 0 bridgehead atoms. The summed E-state index contributed by atoms with van der Waals surface area (Å²) in [6, 6.07) is 6.77. The molecule has 0 atom stereocenters. The van der Waals surface area contributed by atoms with Crippen LogP contribution in [0.5, 0.6) is 5.75 Å². The van der Waals surface area contributed by atoms with Crippen LogP contribution in [-0.2, 0) is 25.6 Å². The molecular weight excluding hydrogens is 395 g/mol. The Morgan fingerprint density at radius 2 is 1.96 bits per heavy atom. The van der Waals surface area contributed by atoms with Crippen LogP contribution in [0.2, 0.25) is 5.02 Å². The first-order valence-corrected chi connectivity index (χ1v) is 8.48. The maximum absolute atomic E-state index is 12.7. The second-order valence-electron chi connectivity index (χ2n) is 5.00. The fourth-order valence-electron chi connectivity index (χ4n) is 1.90. The van der Waals surface area contributed by atoms with Crippen molar-refractivity contribution in [1.82, 2.24) is 24.9 Å². The Labute approximate surface area is 154 Å². The van der Waals surface area contributed by atoms with Crippen LogP contribution in [0.25, 0.3) is 0 Å². The number of hydrogen-bond donors (Lipinski definition) is 0. The van der Waals surface area contributed by atoms with E-state index in [1.54, 1.807) is 24.3 Å². The predicted molar refractivity (Wildman–Crippen MR) is 85.6 cm³/mol. The normalized spacial score (nSPS) is 11.7. The van der Waals surface area contributed by atoms with Crippen molar-refractivity contribution in [2.24, 2.45) is 7.05 Å². The third kappa shape index (κ3) is 4.47. The molecule has 0 amide bonds. The molecule has 0 saturated heterocycles. The first-order valence-electron chi connectivity index (χ1n) is 7.12. The number of thioether (sulfide) groups is 1. The maximum atomic E-state index is 12.7. The topological polar surface area (TPSA) is 78.9 Å². The van der Waals surface area contributed by atoms with Crippen molar-refractivity contribution in [1.29, 1.82) is 0 Å². The SMILES string of the molecule is Cn1c(SCc2nc(COc3ccc(Cl)cc3)no2)nnc1C(F)(F)F. The highest BCUT2D eigenvalue weighted by atomic mass is 35.5. The van der Waals surface area contributed by atoms with E-state index in [0.29, 0.717) is 16.6 Å². The fraction of sp³-hybridized carbons (Fsp3) is 0.286. The van der Waals surface area contributed by atoms with Crippen molar-refractivity contribution in [3.63, 3.8) is 0 Å². The molecule has 1 aromatic carbocycles. The number of alkyl halides is 3. The van der Waals surface area contributed by atoms with E-state index in [9.17, 15) is 13.2 Å². The third-order valence-electron chi connectivity index (χ3n) is 3.10. The lowest BCUT2D eigenvalue weighted by Gasteiger charge is -2.05. The van der Waals surface area contributed by atoms with Crippen molar-refractivity contribution < 1.29 is 22.4 Å². The van der Waals surface area contributed by atoms with Gasteiger partial charge in [0.1, 0.15) is 5.75 Å². The number of hydrogen-bond acceptors (Lipinski definition) is 7. The summed E-state index contributed by atoms with van der Waals surface area (Å²) in [5.41, 5.74) is 0. The highest BCUT2D eigenvalue weighted by Crippen LogP contribution is 2.30. The Hall–Kier alpha value is -2.27. The molecule has 0 saturated carbocycles. The number of benzene rings is 1. The molecule has 0 unspecified atom stereocenters. The molecule has 12 heteroatoms. The number of ether oxygens (including phenoxy) is 1. The summed E-state index contributed by atoms with van der Waals surface area (Å²) in [5.74, 6) is 0.222. The molecule has 0 N–H and O–H groups in total. The van der Waals surface area contributed by atoms with Crippen molar-refractivity contribution in [3.8, 4) is 5.75 Å². The lowest BCUT2D eigenvalue weighted by Crippen LogP contribution is -2.12. The number of nitrogens with zero attached hydrogens (tertiary/aromatic N) is 5. The zero-order valence-corrected chi connectivity index (χ0v) is 14.8. The Bertz CT molecular complexity index is 882. The van der Waals surface area contributed by atoms with Gasteiger partial charge in [0, 0.05) is 12.1 Å². The third-order valence-corrected chi connectivity index (χ3v) is 4.36. The van der Waals surface area contributed by atoms with Gasteiger partial charge in [-0.25, -0.2) is 0 Å². The van der Waals surface area contributed by atoms with Crippen LogP contribution in [0.15, 0.2) is 33.9 Å². The Morgan fingerprint density at radius 1 is 1.23 bits per heavy atom. The first-order chi connectivity index (χ1) is 12.3. The van der Waals surface area contributed by atoms with Crippen LogP contribution in [0.4, 0.5) is 13.2 Å². The smallest absolute Gasteiger partial charge is 0.451 e. The van der Waals surface area contributed by atoms with Gasteiger partial charge < -0.3 is 13.8 Å². The number of halogens is 4. The van der Waals surface area contributed by atoms with Gasteiger partial charge in [0.15, 0.2) is 11.8 Å². The summed E-state index contributed by atoms with van der Waals surface area (Å²) < 4.78 is 49.4. The summed E-state index contributed by atoms with van der Waals surface area (Å²) in [5, 5.41) is 11.1. The van der Waals surface area contributed by atoms with Crippen LogP contribution in [0, 0.1) is 0 Å². The van der Waals surface area contributed by atoms with Gasteiger partial charge in [0.25, 0.3) is 0 Å². The molecule has 3 rings (SSSR count). The average Bonchev–Trinajstić information content (AvgIpc) is 3.18. The highest BCUT2D eigenvalue weighted by molar-refractivity contribution is 7.98. The van der Waals surface area contributed by atoms with Gasteiger partial charge in [-0.1, -0.05) is 28.5 Å². The molecule has 0 fully saturated rings. The van der Waals surface area contributed by atoms with Crippen LogP contribution in [0.1, 0.15) is 17.5 Å². The lowest BCUT2D eigenvalue weighted by atomic mass is 10.3. The standard InChI is InChI=1S/C14H11ClF3N5O2S/c1-23-12(14(16,17)18)20-21-13(23)26-7-11-19-10(22-25-11)6-24-9-4-2-8(15)3-5-9/h2-5H,6-7H2,1H3. The second-order valence-corrected chi connectivity index (χ2v) is 6.38. The van der Waals surface area contributed by atoms with E-state index >= 15 is 0 Å². The van der Waals surface area contributed by atoms with Gasteiger partial charge in [-0.15, -0.1) is 10.2 Å². The molecule has 0 radical (unpaired) electrons. The maximum Gasteiger partial charge on any atom is 0.451 e. The van der Waals surface area contributed by atoms with Gasteiger partial charge in [0.05, 0.1) is 5.75 Å². The Morgan fingerprint density at radius 3 is 2.62 bits per heavy atom. The minimum absolute atomic E-state index is 0.0813. The molecular formula is C14H11ClF3N5O2S. The summed E-state index contributed by atoms with van der Waals surface area (Å²) in [4.78, 5) is 4.11. The minimum Gasteiger partial charge on any atom is -0.485 e. The number of rotatable bonds is 6. The average molecular weight is 406 g/mol. The highest BCUT2D eigenvalue weighted by Gasteiger charge is 2.37. The van der Waals surface area contributed by atoms with Crippen LogP contribution < -0.4 is 4.74 Å². The van der Waals surface area contributed by atoms with Crippen LogP contribution in [-0.4, -0.2) is 24.9 Å². The first kappa shape index (κ1) is 18.5. The van der Waals surface area contributed by atoms with E-state index in [1.165, 1.54) is 7.05 Å². The van der Waals surface area contributed by atoms with Gasteiger partial charge in [-0.05, 0) is 24.3 Å². The summed E-state index contributed by atoms with van der Waals surface area (Å²) in [6.07, 6.45) is -4.56. The fourth-order valence-corrected chi connectivity index (χ4v) is 2.77. The molecule has 2 aromatic heterocycles. The van der Waals surface area contributed by atoms with E-state index in [-0.39, 0.29) is 23.4 Å². The van der Waals surface area contributed by atoms with Crippen molar-refractivity contribution in [2.45, 2.75) is 23.7 Å². The lowest BCUT2D eigenvalue weighted by molar-refractivity contribution is -0.147. The predicted octanol–water partition coefficient (Wildman–Crippen LogP) is 3.74. The van der Waals surface area contributed by atoms with Gasteiger partial charge in [-0.2, -0.15) is 18.2 Å². The summed E-state index contributed by atoms with van der Waals surface area (Å²) >= 11 is 6.79. The minimum atomic E-state index is -4.56.